The molecule has 21 heavy (non-hydrogen) atoms. The topological polar surface area (TPSA) is 106 Å². The fourth-order valence-corrected chi connectivity index (χ4v) is 3.53. The van der Waals surface area contributed by atoms with Gasteiger partial charge in [-0.25, -0.2) is 4.79 Å². The summed E-state index contributed by atoms with van der Waals surface area (Å²) in [5.41, 5.74) is 0.0712. The quantitative estimate of drug-likeness (QED) is 0.664. The second-order valence-corrected chi connectivity index (χ2v) is 6.11. The molecule has 1 aromatic heterocycles. The van der Waals surface area contributed by atoms with Crippen LogP contribution >= 0.6 is 11.8 Å². The molecule has 1 aliphatic heterocycles. The zero-order valence-corrected chi connectivity index (χ0v) is 11.8. The smallest absolute Gasteiger partial charge is 0.327 e. The number of carboxylic acids is 1. The summed E-state index contributed by atoms with van der Waals surface area (Å²) < 4.78 is 1.61. The van der Waals surface area contributed by atoms with Crippen molar-refractivity contribution in [2.24, 2.45) is 0 Å². The van der Waals surface area contributed by atoms with Gasteiger partial charge in [-0.1, -0.05) is 0 Å². The van der Waals surface area contributed by atoms with Crippen LogP contribution in [0.2, 0.25) is 0 Å². The second-order valence-electron chi connectivity index (χ2n) is 5.11. The second kappa shape index (κ2) is 5.06. The van der Waals surface area contributed by atoms with Gasteiger partial charge in [0, 0.05) is 17.9 Å². The van der Waals surface area contributed by atoms with Crippen LogP contribution in [-0.2, 0) is 4.79 Å². The minimum Gasteiger partial charge on any atom is -0.480 e. The fourth-order valence-electron chi connectivity index (χ4n) is 2.39. The van der Waals surface area contributed by atoms with E-state index in [-0.39, 0.29) is 17.4 Å². The minimum atomic E-state index is -1.05. The minimum absolute atomic E-state index is 0.108. The number of hydrogen-bond acceptors (Lipinski definition) is 5. The predicted molar refractivity (Wildman–Crippen MR) is 74.3 cm³/mol. The van der Waals surface area contributed by atoms with Crippen molar-refractivity contribution in [1.29, 1.82) is 0 Å². The first kappa shape index (κ1) is 13.9. The number of hydrogen-bond donors (Lipinski definition) is 1. The summed E-state index contributed by atoms with van der Waals surface area (Å²) >= 11 is 1.37. The molecule has 0 radical (unpaired) electrons. The van der Waals surface area contributed by atoms with Crippen molar-refractivity contribution < 1.29 is 19.6 Å². The average Bonchev–Trinajstić information content (AvgIpc) is 3.01. The number of carbonyl (C=O) groups is 2. The zero-order valence-electron chi connectivity index (χ0n) is 11.0. The van der Waals surface area contributed by atoms with E-state index in [1.807, 2.05) is 0 Å². The van der Waals surface area contributed by atoms with E-state index in [9.17, 15) is 19.7 Å². The summed E-state index contributed by atoms with van der Waals surface area (Å²) in [6, 6.07) is 0.475. The molecule has 1 aliphatic carbocycles. The van der Waals surface area contributed by atoms with Gasteiger partial charge >= 0.3 is 5.97 Å². The molecule has 2 aliphatic rings. The lowest BCUT2D eigenvalue weighted by atomic mass is 10.2. The number of aromatic nitrogens is 1. The van der Waals surface area contributed by atoms with Crippen molar-refractivity contribution >= 4 is 29.3 Å². The number of rotatable bonds is 4. The summed E-state index contributed by atoms with van der Waals surface area (Å²) in [4.78, 5) is 35.4. The largest absolute Gasteiger partial charge is 0.480 e. The average molecular weight is 311 g/mol. The van der Waals surface area contributed by atoms with E-state index in [0.717, 1.165) is 12.8 Å². The van der Waals surface area contributed by atoms with Gasteiger partial charge in [-0.2, -0.15) is 0 Å². The van der Waals surface area contributed by atoms with Crippen molar-refractivity contribution in [3.05, 3.63) is 28.1 Å². The van der Waals surface area contributed by atoms with Crippen LogP contribution in [0.5, 0.6) is 0 Å². The molecule has 9 heteroatoms. The number of amides is 1. The van der Waals surface area contributed by atoms with Gasteiger partial charge in [0.1, 0.15) is 11.7 Å². The van der Waals surface area contributed by atoms with Gasteiger partial charge in [0.05, 0.1) is 17.0 Å². The lowest BCUT2D eigenvalue weighted by Gasteiger charge is -2.21. The number of nitro groups is 1. The lowest BCUT2D eigenvalue weighted by Crippen LogP contribution is -2.42. The first-order valence-corrected chi connectivity index (χ1v) is 7.62. The van der Waals surface area contributed by atoms with E-state index < -0.39 is 22.8 Å². The van der Waals surface area contributed by atoms with Gasteiger partial charge in [0.2, 0.25) is 0 Å². The molecule has 2 fully saturated rings. The summed E-state index contributed by atoms with van der Waals surface area (Å²) in [5, 5.41) is 20.0. The molecule has 112 valence electrons. The van der Waals surface area contributed by atoms with E-state index in [1.54, 1.807) is 4.57 Å². The van der Waals surface area contributed by atoms with Crippen molar-refractivity contribution in [2.45, 2.75) is 24.9 Å². The number of carbonyl (C=O) groups excluding carboxylic acids is 1. The number of nitrogens with zero attached hydrogens (tertiary/aromatic N) is 3. The summed E-state index contributed by atoms with van der Waals surface area (Å²) in [7, 11) is 0. The monoisotopic (exact) mass is 311 g/mol. The van der Waals surface area contributed by atoms with Gasteiger partial charge in [-0.15, -0.1) is 11.8 Å². The van der Waals surface area contributed by atoms with E-state index in [1.165, 1.54) is 28.9 Å². The molecule has 1 saturated carbocycles. The predicted octanol–water partition coefficient (Wildman–Crippen LogP) is 1.33. The fraction of sp³-hybridized carbons (Fsp3) is 0.500. The van der Waals surface area contributed by atoms with E-state index in [4.69, 9.17) is 5.11 Å². The molecule has 0 bridgehead atoms. The normalized spacial score (nSPS) is 21.5. The Bertz CT molecular complexity index is 624. The molecule has 0 aromatic carbocycles. The van der Waals surface area contributed by atoms with Gasteiger partial charge < -0.3 is 14.6 Å². The number of thioether (sulfide) groups is 1. The molecule has 1 aromatic rings. The Morgan fingerprint density at radius 2 is 2.14 bits per heavy atom. The Kier molecular flexibility index (Phi) is 3.36. The van der Waals surface area contributed by atoms with Crippen LogP contribution in [0.4, 0.5) is 5.69 Å². The van der Waals surface area contributed by atoms with Crippen LogP contribution in [0.25, 0.3) is 0 Å². The highest BCUT2D eigenvalue weighted by molar-refractivity contribution is 7.99. The molecule has 1 atom stereocenters. The van der Waals surface area contributed by atoms with Crippen LogP contribution in [0.15, 0.2) is 12.3 Å². The Balaban J connectivity index is 1.93. The molecule has 0 unspecified atom stereocenters. The number of carboxylic acid groups (broad SMARTS) is 1. The highest BCUT2D eigenvalue weighted by atomic mass is 32.2. The maximum absolute atomic E-state index is 12.6. The van der Waals surface area contributed by atoms with Crippen LogP contribution in [0.1, 0.15) is 29.4 Å². The maximum atomic E-state index is 12.6. The Labute approximate surface area is 123 Å². The Hall–Kier alpha value is -2.03. The van der Waals surface area contributed by atoms with Crippen molar-refractivity contribution in [2.75, 3.05) is 11.6 Å². The standard InChI is InChI=1S/C12H13N3O5S/c16-11(14-6-21-5-10(14)12(17)18)9-3-8(15(19)20)4-13(9)7-1-2-7/h3-4,7,10H,1-2,5-6H2,(H,17,18)/t10-/m0/s1. The van der Waals surface area contributed by atoms with Crippen molar-refractivity contribution in [1.82, 2.24) is 9.47 Å². The number of aliphatic carboxylic acids is 1. The highest BCUT2D eigenvalue weighted by Gasteiger charge is 2.38. The summed E-state index contributed by atoms with van der Waals surface area (Å²) in [6.07, 6.45) is 3.12. The molecule has 3 rings (SSSR count). The first-order valence-electron chi connectivity index (χ1n) is 6.47. The van der Waals surface area contributed by atoms with Crippen LogP contribution in [0, 0.1) is 10.1 Å². The van der Waals surface area contributed by atoms with Crippen molar-refractivity contribution in [3.63, 3.8) is 0 Å². The molecule has 1 saturated heterocycles. The van der Waals surface area contributed by atoms with E-state index >= 15 is 0 Å². The third kappa shape index (κ3) is 2.48. The summed E-state index contributed by atoms with van der Waals surface area (Å²) in [6.45, 7) is 0. The first-order chi connectivity index (χ1) is 9.99. The zero-order chi connectivity index (χ0) is 15.1. The van der Waals surface area contributed by atoms with Crippen LogP contribution in [-0.4, -0.2) is 49.0 Å². The van der Waals surface area contributed by atoms with E-state index in [2.05, 4.69) is 0 Å². The van der Waals surface area contributed by atoms with Gasteiger partial charge in [-0.3, -0.25) is 14.9 Å². The van der Waals surface area contributed by atoms with Crippen LogP contribution in [0.3, 0.4) is 0 Å². The molecule has 8 nitrogen and oxygen atoms in total. The molecule has 1 N–H and O–H groups in total. The molecule has 2 heterocycles. The third-order valence-electron chi connectivity index (χ3n) is 3.63. The van der Waals surface area contributed by atoms with Crippen LogP contribution < -0.4 is 0 Å². The molecular formula is C12H13N3O5S. The van der Waals surface area contributed by atoms with E-state index in [0.29, 0.717) is 11.6 Å². The molecular weight excluding hydrogens is 298 g/mol. The van der Waals surface area contributed by atoms with Gasteiger partial charge in [0.15, 0.2) is 0 Å². The Morgan fingerprint density at radius 1 is 1.43 bits per heavy atom. The molecule has 0 spiro atoms. The van der Waals surface area contributed by atoms with Gasteiger partial charge in [-0.05, 0) is 12.8 Å². The summed E-state index contributed by atoms with van der Waals surface area (Å²) in [5.74, 6) is -0.869. The van der Waals surface area contributed by atoms with Crippen molar-refractivity contribution in [3.8, 4) is 0 Å². The molecule has 1 amide bonds. The Morgan fingerprint density at radius 3 is 2.71 bits per heavy atom. The highest BCUT2D eigenvalue weighted by Crippen LogP contribution is 2.38. The maximum Gasteiger partial charge on any atom is 0.327 e. The lowest BCUT2D eigenvalue weighted by molar-refractivity contribution is -0.384. The SMILES string of the molecule is O=C(O)[C@@H]1CSCN1C(=O)c1cc([N+](=O)[O-])cn1C1CC1. The van der Waals surface area contributed by atoms with Gasteiger partial charge in [0.25, 0.3) is 11.6 Å². The third-order valence-corrected chi connectivity index (χ3v) is 4.64.